The zero-order chi connectivity index (χ0) is 61.5. The predicted octanol–water partition coefficient (Wildman–Crippen LogP) is 17.7. The van der Waals surface area contributed by atoms with Crippen molar-refractivity contribution in [2.75, 3.05) is 39.6 Å². The first-order chi connectivity index (χ1) is 39.9. The maximum atomic E-state index is 13.0. The maximum Gasteiger partial charge on any atom is 0.472 e. The van der Waals surface area contributed by atoms with Gasteiger partial charge < -0.3 is 33.8 Å². The monoisotopic (exact) mass is 1230 g/mol. The molecule has 19 heteroatoms. The third-order valence-electron chi connectivity index (χ3n) is 14.7. The Balaban J connectivity index is 5.24. The van der Waals surface area contributed by atoms with Gasteiger partial charge in [-0.25, -0.2) is 9.13 Å². The van der Waals surface area contributed by atoms with E-state index in [1.165, 1.54) is 135 Å². The summed E-state index contributed by atoms with van der Waals surface area (Å²) < 4.78 is 68.0. The van der Waals surface area contributed by atoms with Crippen LogP contribution in [0.3, 0.4) is 0 Å². The van der Waals surface area contributed by atoms with Gasteiger partial charge in [0.1, 0.15) is 19.3 Å². The molecule has 492 valence electrons. The highest BCUT2D eigenvalue weighted by Crippen LogP contribution is 2.45. The number of esters is 4. The molecule has 0 bridgehead atoms. The second-order valence-electron chi connectivity index (χ2n) is 24.1. The van der Waals surface area contributed by atoms with Crippen molar-refractivity contribution in [3.63, 3.8) is 0 Å². The van der Waals surface area contributed by atoms with Gasteiger partial charge in [0.2, 0.25) is 0 Å². The quantitative estimate of drug-likeness (QED) is 0.0222. The summed E-state index contributed by atoms with van der Waals surface area (Å²) in [5.41, 5.74) is 0. The highest BCUT2D eigenvalue weighted by atomic mass is 31.2. The summed E-state index contributed by atoms with van der Waals surface area (Å²) in [4.78, 5) is 72.2. The van der Waals surface area contributed by atoms with Crippen LogP contribution in [-0.4, -0.2) is 96.7 Å². The largest absolute Gasteiger partial charge is 0.472 e. The molecule has 0 aromatic heterocycles. The topological polar surface area (TPSA) is 237 Å². The molecule has 5 atom stereocenters. The minimum atomic E-state index is -4.94. The molecule has 0 aromatic rings. The molecule has 0 aliphatic heterocycles. The van der Waals surface area contributed by atoms with Crippen LogP contribution < -0.4 is 0 Å². The average Bonchev–Trinajstić information content (AvgIpc) is 3.45. The van der Waals surface area contributed by atoms with Gasteiger partial charge in [0.25, 0.3) is 0 Å². The van der Waals surface area contributed by atoms with E-state index in [9.17, 15) is 43.2 Å². The normalized spacial score (nSPS) is 14.3. The number of hydrogen-bond acceptors (Lipinski definition) is 15. The third-order valence-corrected chi connectivity index (χ3v) is 16.6. The van der Waals surface area contributed by atoms with Gasteiger partial charge in [-0.15, -0.1) is 0 Å². The molecule has 17 nitrogen and oxygen atoms in total. The SMILES string of the molecule is CCCCCCCCCCCCCCC(=O)OC[C@H](COP(=O)(O)OC[C@@H](O)COP(=O)(O)OC[C@@H](COC(=O)CCCCCCCCCCC)OC(=O)CCCCCCCCCC(C)C)OC(=O)CCCCCCCCCCCC(C)C. The number of aliphatic hydroxyl groups excluding tert-OH is 1. The number of hydrogen-bond donors (Lipinski definition) is 3. The fourth-order valence-corrected chi connectivity index (χ4v) is 11.1. The molecule has 2 unspecified atom stereocenters. The van der Waals surface area contributed by atoms with Crippen LogP contribution >= 0.6 is 15.6 Å². The van der Waals surface area contributed by atoms with Crippen molar-refractivity contribution in [3.8, 4) is 0 Å². The van der Waals surface area contributed by atoms with Gasteiger partial charge in [0.15, 0.2) is 12.2 Å². The highest BCUT2D eigenvalue weighted by molar-refractivity contribution is 7.47. The van der Waals surface area contributed by atoms with E-state index in [0.717, 1.165) is 95.8 Å². The highest BCUT2D eigenvalue weighted by Gasteiger charge is 2.30. The van der Waals surface area contributed by atoms with Crippen LogP contribution in [0.25, 0.3) is 0 Å². The smallest absolute Gasteiger partial charge is 0.462 e. The van der Waals surface area contributed by atoms with E-state index in [2.05, 4.69) is 41.5 Å². The molecule has 83 heavy (non-hydrogen) atoms. The van der Waals surface area contributed by atoms with Crippen LogP contribution in [0.2, 0.25) is 0 Å². The Labute approximate surface area is 505 Å². The zero-order valence-corrected chi connectivity index (χ0v) is 55.3. The minimum absolute atomic E-state index is 0.103. The number of carbonyl (C=O) groups excluding carboxylic acids is 4. The molecule has 0 rings (SSSR count). The number of unbranched alkanes of at least 4 members (excludes halogenated alkanes) is 33. The molecule has 0 saturated heterocycles. The molecule has 0 aromatic carbocycles. The summed E-state index contributed by atoms with van der Waals surface area (Å²) >= 11 is 0. The van der Waals surface area contributed by atoms with E-state index in [-0.39, 0.29) is 25.7 Å². The first-order valence-electron chi connectivity index (χ1n) is 33.5. The van der Waals surface area contributed by atoms with Gasteiger partial charge in [-0.2, -0.15) is 0 Å². The molecule has 0 aliphatic carbocycles. The summed E-state index contributed by atoms with van der Waals surface area (Å²) in [6.45, 7) is 9.39. The summed E-state index contributed by atoms with van der Waals surface area (Å²) in [5, 5.41) is 10.5. The first kappa shape index (κ1) is 81.1. The van der Waals surface area contributed by atoms with Crippen LogP contribution in [0.4, 0.5) is 0 Å². The van der Waals surface area contributed by atoms with Gasteiger partial charge in [0.05, 0.1) is 26.4 Å². The van der Waals surface area contributed by atoms with E-state index >= 15 is 0 Å². The summed E-state index contributed by atoms with van der Waals surface area (Å²) in [7, 11) is -9.88. The van der Waals surface area contributed by atoms with E-state index in [1.54, 1.807) is 0 Å². The first-order valence-corrected chi connectivity index (χ1v) is 36.5. The second-order valence-corrected chi connectivity index (χ2v) is 27.0. The Morgan fingerprint density at radius 2 is 0.554 bits per heavy atom. The van der Waals surface area contributed by atoms with Crippen molar-refractivity contribution in [3.05, 3.63) is 0 Å². The van der Waals surface area contributed by atoms with Crippen molar-refractivity contribution in [1.29, 1.82) is 0 Å². The van der Waals surface area contributed by atoms with E-state index in [1.807, 2.05) is 0 Å². The van der Waals surface area contributed by atoms with Crippen LogP contribution in [0.1, 0.15) is 318 Å². The number of rotatable bonds is 63. The second kappa shape index (κ2) is 56.6. The number of phosphoric acid groups is 2. The van der Waals surface area contributed by atoms with Gasteiger partial charge in [-0.3, -0.25) is 37.3 Å². The number of ether oxygens (including phenoxy) is 4. The van der Waals surface area contributed by atoms with Gasteiger partial charge in [0, 0.05) is 25.7 Å². The minimum Gasteiger partial charge on any atom is -0.462 e. The Kier molecular flexibility index (Phi) is 55.2. The van der Waals surface area contributed by atoms with Gasteiger partial charge >= 0.3 is 39.5 Å². The molecule has 0 spiro atoms. The lowest BCUT2D eigenvalue weighted by atomic mass is 10.0. The Morgan fingerprint density at radius 3 is 0.819 bits per heavy atom. The van der Waals surface area contributed by atoms with Crippen LogP contribution in [0.5, 0.6) is 0 Å². The van der Waals surface area contributed by atoms with Gasteiger partial charge in [-0.05, 0) is 37.5 Å². The Morgan fingerprint density at radius 1 is 0.325 bits per heavy atom. The molecule has 0 aliphatic rings. The molecular formula is C64H124O17P2. The fourth-order valence-electron chi connectivity index (χ4n) is 9.53. The molecule has 0 saturated carbocycles. The van der Waals surface area contributed by atoms with E-state index in [4.69, 9.17) is 37.0 Å². The van der Waals surface area contributed by atoms with Crippen molar-refractivity contribution in [2.45, 2.75) is 336 Å². The summed E-state index contributed by atoms with van der Waals surface area (Å²) in [5.74, 6) is -0.704. The lowest BCUT2D eigenvalue weighted by Gasteiger charge is -2.21. The Hall–Kier alpha value is -1.94. The van der Waals surface area contributed by atoms with Crippen LogP contribution in [0.15, 0.2) is 0 Å². The number of carbonyl (C=O) groups is 4. The zero-order valence-electron chi connectivity index (χ0n) is 53.5. The lowest BCUT2D eigenvalue weighted by Crippen LogP contribution is -2.30. The fraction of sp³-hybridized carbons (Fsp3) is 0.938. The summed E-state index contributed by atoms with van der Waals surface area (Å²) in [6, 6.07) is 0. The van der Waals surface area contributed by atoms with Gasteiger partial charge in [-0.1, -0.05) is 266 Å². The van der Waals surface area contributed by atoms with E-state index in [0.29, 0.717) is 31.6 Å². The molecule has 0 amide bonds. The summed E-state index contributed by atoms with van der Waals surface area (Å²) in [6.07, 6.45) is 39.0. The molecular weight excluding hydrogens is 1100 g/mol. The van der Waals surface area contributed by atoms with Crippen LogP contribution in [-0.2, 0) is 65.4 Å². The number of phosphoric ester groups is 2. The van der Waals surface area contributed by atoms with Crippen molar-refractivity contribution in [1.82, 2.24) is 0 Å². The number of aliphatic hydroxyl groups is 1. The lowest BCUT2D eigenvalue weighted by molar-refractivity contribution is -0.161. The van der Waals surface area contributed by atoms with E-state index < -0.39 is 97.5 Å². The molecule has 0 fully saturated rings. The van der Waals surface area contributed by atoms with Crippen molar-refractivity contribution >= 4 is 39.5 Å². The Bertz CT molecular complexity index is 1630. The van der Waals surface area contributed by atoms with Crippen molar-refractivity contribution < 1.29 is 80.2 Å². The predicted molar refractivity (Wildman–Crippen MR) is 331 cm³/mol. The maximum absolute atomic E-state index is 13.0. The molecule has 0 radical (unpaired) electrons. The molecule has 3 N–H and O–H groups in total. The van der Waals surface area contributed by atoms with Crippen LogP contribution in [0, 0.1) is 11.8 Å². The standard InChI is InChI=1S/C64H124O17P2/c1-7-9-11-13-15-17-18-19-23-29-35-41-47-62(67)75-52-59(80-63(68)48-42-36-30-24-20-22-26-32-38-44-56(3)4)54-78-82(70,71)76-50-58(65)51-77-83(72,73)79-55-60(53-74-61(66)46-40-34-28-21-16-14-12-10-8-2)81-64(69)49-43-37-31-25-27-33-39-45-57(5)6/h56-60,65H,7-55H2,1-6H3,(H,70,71)(H,72,73)/t58-,59-,60-/m1/s1. The third kappa shape index (κ3) is 58.8. The van der Waals surface area contributed by atoms with Crippen molar-refractivity contribution in [2.24, 2.45) is 11.8 Å². The molecule has 0 heterocycles. The average molecular weight is 1230 g/mol.